The average molecular weight is 549 g/mol. The molecule has 0 aliphatic carbocycles. The molecule has 0 aliphatic heterocycles. The lowest BCUT2D eigenvalue weighted by Gasteiger charge is -2.11. The van der Waals surface area contributed by atoms with E-state index in [9.17, 15) is 36.0 Å². The SMILES string of the molecule is CCCCOC(=O)C(N)C(=O)SCC(=O)c1ccc(NS(=O)(=O)c2ccc(OC(F)(F)F)cc2)cc1. The normalized spacial score (nSPS) is 12.5. The van der Waals surface area contributed by atoms with Crippen LogP contribution < -0.4 is 15.2 Å². The van der Waals surface area contributed by atoms with Crippen molar-refractivity contribution >= 4 is 44.3 Å². The number of ketones is 1. The van der Waals surface area contributed by atoms with Gasteiger partial charge in [0.2, 0.25) is 5.12 Å². The highest BCUT2D eigenvalue weighted by Gasteiger charge is 2.31. The van der Waals surface area contributed by atoms with E-state index in [1.807, 2.05) is 6.92 Å². The molecule has 2 aromatic rings. The fourth-order valence-electron chi connectivity index (χ4n) is 2.57. The summed E-state index contributed by atoms with van der Waals surface area (Å²) in [7, 11) is -4.13. The van der Waals surface area contributed by atoms with Crippen molar-refractivity contribution in [2.45, 2.75) is 37.1 Å². The minimum atomic E-state index is -4.91. The summed E-state index contributed by atoms with van der Waals surface area (Å²) in [5, 5.41) is -0.721. The van der Waals surface area contributed by atoms with Gasteiger partial charge < -0.3 is 15.2 Å². The predicted molar refractivity (Wildman–Crippen MR) is 126 cm³/mol. The first-order valence-corrected chi connectivity index (χ1v) is 12.9. The molecule has 2 aromatic carbocycles. The van der Waals surface area contributed by atoms with Crippen LogP contribution in [0.4, 0.5) is 18.9 Å². The van der Waals surface area contributed by atoms with Crippen molar-refractivity contribution in [2.24, 2.45) is 5.73 Å². The molecule has 0 heterocycles. The molecule has 0 aliphatic rings. The molecule has 1 unspecified atom stereocenters. The summed E-state index contributed by atoms with van der Waals surface area (Å²) in [5.41, 5.74) is 5.81. The van der Waals surface area contributed by atoms with Gasteiger partial charge in [-0.15, -0.1) is 13.2 Å². The number of halogens is 3. The molecule has 0 amide bonds. The topological polar surface area (TPSA) is 142 Å². The second-order valence-electron chi connectivity index (χ2n) is 7.23. The van der Waals surface area contributed by atoms with Crippen LogP contribution in [0.1, 0.15) is 30.1 Å². The number of sulfonamides is 1. The molecular formula is C22H23F3N2O7S2. The van der Waals surface area contributed by atoms with Crippen molar-refractivity contribution in [2.75, 3.05) is 17.1 Å². The molecule has 0 spiro atoms. The van der Waals surface area contributed by atoms with Gasteiger partial charge in [0.25, 0.3) is 10.0 Å². The van der Waals surface area contributed by atoms with E-state index >= 15 is 0 Å². The molecule has 3 N–H and O–H groups in total. The molecular weight excluding hydrogens is 525 g/mol. The number of hydrogen-bond donors (Lipinski definition) is 2. The summed E-state index contributed by atoms with van der Waals surface area (Å²) in [6.07, 6.45) is -3.47. The zero-order valence-electron chi connectivity index (χ0n) is 18.9. The van der Waals surface area contributed by atoms with Crippen molar-refractivity contribution in [3.05, 3.63) is 54.1 Å². The molecule has 0 aromatic heterocycles. The van der Waals surface area contributed by atoms with Crippen LogP contribution in [0.3, 0.4) is 0 Å². The monoisotopic (exact) mass is 548 g/mol. The van der Waals surface area contributed by atoms with Gasteiger partial charge in [-0.3, -0.25) is 14.3 Å². The third kappa shape index (κ3) is 9.17. The standard InChI is InChI=1S/C22H23F3N2O7S2/c1-2-3-12-33-20(29)19(26)21(30)35-13-18(28)14-4-6-15(7-5-14)27-36(31,32)17-10-8-16(9-11-17)34-22(23,24)25/h4-11,19,27H,2-3,12-13,26H2,1H3. The van der Waals surface area contributed by atoms with Gasteiger partial charge in [0, 0.05) is 11.3 Å². The number of hydrogen-bond acceptors (Lipinski definition) is 9. The van der Waals surface area contributed by atoms with Gasteiger partial charge in [-0.1, -0.05) is 25.1 Å². The Hall–Kier alpha value is -3.10. The van der Waals surface area contributed by atoms with Crippen molar-refractivity contribution in [3.63, 3.8) is 0 Å². The summed E-state index contributed by atoms with van der Waals surface area (Å²) in [5.74, 6) is -2.20. The van der Waals surface area contributed by atoms with E-state index in [2.05, 4.69) is 9.46 Å². The van der Waals surface area contributed by atoms with Crippen LogP contribution >= 0.6 is 11.8 Å². The number of benzene rings is 2. The second-order valence-corrected chi connectivity index (χ2v) is 9.89. The van der Waals surface area contributed by atoms with Crippen molar-refractivity contribution in [3.8, 4) is 5.75 Å². The van der Waals surface area contributed by atoms with Gasteiger partial charge in [0.1, 0.15) is 5.75 Å². The predicted octanol–water partition coefficient (Wildman–Crippen LogP) is 3.50. The fourth-order valence-corrected chi connectivity index (χ4v) is 4.35. The van der Waals surface area contributed by atoms with Crippen LogP contribution in [0.15, 0.2) is 53.4 Å². The third-order valence-electron chi connectivity index (χ3n) is 4.42. The van der Waals surface area contributed by atoms with E-state index in [0.717, 1.165) is 30.7 Å². The smallest absolute Gasteiger partial charge is 0.464 e. The Bertz CT molecular complexity index is 1170. The molecule has 14 heteroatoms. The second kappa shape index (κ2) is 12.7. The van der Waals surface area contributed by atoms with Crippen LogP contribution in [-0.4, -0.2) is 50.0 Å². The molecule has 196 valence electrons. The quantitative estimate of drug-likeness (QED) is 0.176. The fraction of sp³-hybridized carbons (Fsp3) is 0.318. The summed E-state index contributed by atoms with van der Waals surface area (Å²) < 4.78 is 72.5. The molecule has 0 bridgehead atoms. The van der Waals surface area contributed by atoms with Crippen LogP contribution in [-0.2, 0) is 24.3 Å². The summed E-state index contributed by atoms with van der Waals surface area (Å²) in [6.45, 7) is 2.05. The summed E-state index contributed by atoms with van der Waals surface area (Å²) >= 11 is 0.564. The first-order valence-electron chi connectivity index (χ1n) is 10.4. The summed E-state index contributed by atoms with van der Waals surface area (Å²) in [4.78, 5) is 35.8. The zero-order chi connectivity index (χ0) is 26.9. The highest BCUT2D eigenvalue weighted by molar-refractivity contribution is 8.14. The average Bonchev–Trinajstić information content (AvgIpc) is 2.81. The number of nitrogens with one attached hydrogen (secondary N) is 1. The molecule has 0 saturated heterocycles. The molecule has 0 fully saturated rings. The van der Waals surface area contributed by atoms with Gasteiger partial charge in [0.15, 0.2) is 11.8 Å². The number of anilines is 1. The Labute approximate surface area is 209 Å². The first-order chi connectivity index (χ1) is 16.8. The Kier molecular flexibility index (Phi) is 10.3. The highest BCUT2D eigenvalue weighted by atomic mass is 32.2. The Morgan fingerprint density at radius 2 is 1.67 bits per heavy atom. The first kappa shape index (κ1) is 29.1. The minimum absolute atomic E-state index is 0.0859. The number of Topliss-reactive ketones (excluding diaryl/α,β-unsaturated/α-hetero) is 1. The number of carbonyl (C=O) groups excluding carboxylic acids is 3. The van der Waals surface area contributed by atoms with E-state index in [1.165, 1.54) is 24.3 Å². The van der Waals surface area contributed by atoms with Crippen LogP contribution in [0.2, 0.25) is 0 Å². The lowest BCUT2D eigenvalue weighted by molar-refractivity contribution is -0.274. The van der Waals surface area contributed by atoms with Crippen molar-refractivity contribution in [1.82, 2.24) is 0 Å². The maximum absolute atomic E-state index is 12.5. The number of thioether (sulfide) groups is 1. The number of ether oxygens (including phenoxy) is 2. The Balaban J connectivity index is 1.93. The number of nitrogens with two attached hydrogens (primary N) is 1. The number of rotatable bonds is 12. The lowest BCUT2D eigenvalue weighted by Crippen LogP contribution is -2.39. The minimum Gasteiger partial charge on any atom is -0.464 e. The van der Waals surface area contributed by atoms with Crippen molar-refractivity contribution in [1.29, 1.82) is 0 Å². The Morgan fingerprint density at radius 1 is 1.06 bits per heavy atom. The molecule has 36 heavy (non-hydrogen) atoms. The maximum atomic E-state index is 12.5. The molecule has 9 nitrogen and oxygen atoms in total. The van der Waals surface area contributed by atoms with Gasteiger partial charge >= 0.3 is 12.3 Å². The lowest BCUT2D eigenvalue weighted by atomic mass is 10.1. The Morgan fingerprint density at radius 3 is 2.22 bits per heavy atom. The van der Waals surface area contributed by atoms with Crippen LogP contribution in [0, 0.1) is 0 Å². The van der Waals surface area contributed by atoms with E-state index in [4.69, 9.17) is 10.5 Å². The van der Waals surface area contributed by atoms with Gasteiger partial charge in [-0.05, 0) is 55.0 Å². The molecule has 0 saturated carbocycles. The van der Waals surface area contributed by atoms with E-state index in [-0.39, 0.29) is 28.5 Å². The van der Waals surface area contributed by atoms with Crippen molar-refractivity contribution < 1.29 is 45.4 Å². The number of carbonyl (C=O) groups is 3. The van der Waals surface area contributed by atoms with Crippen LogP contribution in [0.5, 0.6) is 5.75 Å². The maximum Gasteiger partial charge on any atom is 0.573 e. The summed E-state index contributed by atoms with van der Waals surface area (Å²) in [6, 6.07) is 7.35. The zero-order valence-corrected chi connectivity index (χ0v) is 20.5. The van der Waals surface area contributed by atoms with Crippen LogP contribution in [0.25, 0.3) is 0 Å². The van der Waals surface area contributed by atoms with E-state index in [1.54, 1.807) is 0 Å². The number of alkyl halides is 3. The van der Waals surface area contributed by atoms with E-state index < -0.39 is 45.0 Å². The third-order valence-corrected chi connectivity index (χ3v) is 6.76. The number of unbranched alkanes of at least 4 members (excludes halogenated alkanes) is 1. The van der Waals surface area contributed by atoms with Gasteiger partial charge in [-0.2, -0.15) is 0 Å². The molecule has 2 rings (SSSR count). The van der Waals surface area contributed by atoms with Gasteiger partial charge in [0.05, 0.1) is 17.3 Å². The number of esters is 1. The molecule has 1 atom stereocenters. The highest BCUT2D eigenvalue weighted by Crippen LogP contribution is 2.25. The molecule has 0 radical (unpaired) electrons. The van der Waals surface area contributed by atoms with Gasteiger partial charge in [-0.25, -0.2) is 13.2 Å². The largest absolute Gasteiger partial charge is 0.573 e. The van der Waals surface area contributed by atoms with E-state index in [0.29, 0.717) is 18.2 Å².